The molecule has 2 aromatic rings. The van der Waals surface area contributed by atoms with Crippen LogP contribution in [0, 0.1) is 0 Å². The number of ether oxygens (including phenoxy) is 3. The summed E-state index contributed by atoms with van der Waals surface area (Å²) < 4.78 is 42.4. The Balaban J connectivity index is 1.66. The smallest absolute Gasteiger partial charge is 0.272 e. The van der Waals surface area contributed by atoms with Gasteiger partial charge in [0.2, 0.25) is 10.0 Å². The summed E-state index contributed by atoms with van der Waals surface area (Å²) in [4.78, 5) is 3.24. The molecule has 1 saturated heterocycles. The molecular weight excluding hydrogens is 370 g/mol. The van der Waals surface area contributed by atoms with E-state index in [9.17, 15) is 8.42 Å². The van der Waals surface area contributed by atoms with Crippen molar-refractivity contribution < 1.29 is 27.6 Å². The number of sulfonamides is 1. The Morgan fingerprint density at radius 1 is 1.11 bits per heavy atom. The van der Waals surface area contributed by atoms with E-state index in [1.807, 2.05) is 18.2 Å². The van der Waals surface area contributed by atoms with E-state index in [0.29, 0.717) is 50.2 Å². The lowest BCUT2D eigenvalue weighted by Crippen LogP contribution is -2.40. The predicted molar refractivity (Wildman–Crippen MR) is 99.4 cm³/mol. The summed E-state index contributed by atoms with van der Waals surface area (Å²) in [6, 6.07) is 8.98. The first-order valence-corrected chi connectivity index (χ1v) is 10.0. The molecule has 9 heteroatoms. The van der Waals surface area contributed by atoms with Crippen LogP contribution in [0.2, 0.25) is 0 Å². The third-order valence-electron chi connectivity index (χ3n) is 4.32. The highest BCUT2D eigenvalue weighted by atomic mass is 32.2. The van der Waals surface area contributed by atoms with Crippen LogP contribution in [0.25, 0.3) is 0 Å². The molecule has 0 atom stereocenters. The molecule has 1 aliphatic rings. The van der Waals surface area contributed by atoms with Crippen molar-refractivity contribution in [3.05, 3.63) is 42.1 Å². The summed E-state index contributed by atoms with van der Waals surface area (Å²) in [5.41, 5.74) is 1.01. The fraction of sp³-hybridized carbons (Fsp3) is 0.389. The topological polar surface area (TPSA) is 91.2 Å². The van der Waals surface area contributed by atoms with Crippen LogP contribution in [0.4, 0.5) is 5.82 Å². The summed E-state index contributed by atoms with van der Waals surface area (Å²) in [6.45, 7) is 2.15. The Bertz CT molecular complexity index is 865. The first kappa shape index (κ1) is 19.4. The van der Waals surface area contributed by atoms with Crippen LogP contribution in [0.15, 0.2) is 41.4 Å². The average Bonchev–Trinajstić information content (AvgIpc) is 2.73. The second-order valence-corrected chi connectivity index (χ2v) is 7.94. The van der Waals surface area contributed by atoms with Gasteiger partial charge in [0.15, 0.2) is 11.5 Å². The van der Waals surface area contributed by atoms with Crippen molar-refractivity contribution in [2.24, 2.45) is 0 Å². The predicted octanol–water partition coefficient (Wildman–Crippen LogP) is 1.15. The number of anilines is 1. The van der Waals surface area contributed by atoms with E-state index in [-0.39, 0.29) is 4.90 Å². The molecule has 1 aromatic carbocycles. The summed E-state index contributed by atoms with van der Waals surface area (Å²) in [6.07, 6.45) is 1.50. The number of H-pyrrole nitrogens is 1. The van der Waals surface area contributed by atoms with Gasteiger partial charge in [-0.25, -0.2) is 13.4 Å². The first-order valence-electron chi connectivity index (χ1n) is 8.59. The molecule has 0 spiro atoms. The summed E-state index contributed by atoms with van der Waals surface area (Å²) in [5, 5.41) is 3.23. The molecule has 146 valence electrons. The van der Waals surface area contributed by atoms with Gasteiger partial charge in [-0.05, 0) is 23.8 Å². The number of morpholine rings is 1. The molecule has 1 aromatic heterocycles. The molecule has 0 radical (unpaired) electrons. The Kier molecular flexibility index (Phi) is 6.15. The molecule has 0 aliphatic carbocycles. The van der Waals surface area contributed by atoms with Crippen LogP contribution in [0.3, 0.4) is 0 Å². The Morgan fingerprint density at radius 3 is 2.48 bits per heavy atom. The second kappa shape index (κ2) is 8.55. The van der Waals surface area contributed by atoms with Gasteiger partial charge in [-0.15, -0.1) is 0 Å². The van der Waals surface area contributed by atoms with Crippen molar-refractivity contribution >= 4 is 15.8 Å². The van der Waals surface area contributed by atoms with Crippen LogP contribution < -0.4 is 19.8 Å². The van der Waals surface area contributed by atoms with Crippen molar-refractivity contribution in [1.29, 1.82) is 0 Å². The van der Waals surface area contributed by atoms with Gasteiger partial charge in [0.1, 0.15) is 17.6 Å². The standard InChI is InChI=1S/C18H23N3O5S/c1-24-16-5-3-14(11-17(16)25-2)12-19-18-6-4-15(13-20-18)27(22,23)21-7-9-26-10-8-21/h3-6,11,13H,7-10,12H2,1-2H3,(H,19,20)/p+1. The van der Waals surface area contributed by atoms with E-state index in [4.69, 9.17) is 14.2 Å². The Morgan fingerprint density at radius 2 is 1.85 bits per heavy atom. The highest BCUT2D eigenvalue weighted by molar-refractivity contribution is 7.89. The van der Waals surface area contributed by atoms with Crippen LogP contribution >= 0.6 is 0 Å². The molecule has 1 aliphatic heterocycles. The fourth-order valence-corrected chi connectivity index (χ4v) is 4.18. The molecular formula is C18H24N3O5S+. The normalized spacial score (nSPS) is 15.3. The molecule has 27 heavy (non-hydrogen) atoms. The van der Waals surface area contributed by atoms with Crippen LogP contribution in [0.1, 0.15) is 5.56 Å². The molecule has 0 bridgehead atoms. The largest absolute Gasteiger partial charge is 0.493 e. The highest BCUT2D eigenvalue weighted by Gasteiger charge is 2.27. The van der Waals surface area contributed by atoms with Crippen molar-refractivity contribution in [3.63, 3.8) is 0 Å². The van der Waals surface area contributed by atoms with Gasteiger partial charge in [0, 0.05) is 19.2 Å². The molecule has 2 heterocycles. The van der Waals surface area contributed by atoms with E-state index in [1.165, 1.54) is 10.5 Å². The first-order chi connectivity index (χ1) is 13.0. The molecule has 2 N–H and O–H groups in total. The third kappa shape index (κ3) is 4.49. The SMILES string of the molecule is COc1ccc(CNc2ccc(S(=O)(=O)N3CCOCC3)c[nH+]2)cc1OC. The van der Waals surface area contributed by atoms with E-state index >= 15 is 0 Å². The zero-order valence-corrected chi connectivity index (χ0v) is 16.2. The van der Waals surface area contributed by atoms with Gasteiger partial charge >= 0.3 is 0 Å². The molecule has 1 fully saturated rings. The van der Waals surface area contributed by atoms with Gasteiger partial charge in [0.05, 0.1) is 27.4 Å². The Labute approximate surface area is 159 Å². The number of nitrogens with one attached hydrogen (secondary N) is 2. The molecule has 0 unspecified atom stereocenters. The number of aromatic amines is 1. The fourth-order valence-electron chi connectivity index (χ4n) is 2.80. The molecule has 0 saturated carbocycles. The van der Waals surface area contributed by atoms with Crippen LogP contribution in [-0.2, 0) is 21.3 Å². The highest BCUT2D eigenvalue weighted by Crippen LogP contribution is 2.27. The second-order valence-electron chi connectivity index (χ2n) is 6.00. The van der Waals surface area contributed by atoms with Crippen molar-refractivity contribution in [2.75, 3.05) is 45.8 Å². The monoisotopic (exact) mass is 394 g/mol. The van der Waals surface area contributed by atoms with Crippen molar-refractivity contribution in [1.82, 2.24) is 4.31 Å². The molecule has 3 rings (SSSR count). The number of aromatic nitrogens is 1. The quantitative estimate of drug-likeness (QED) is 0.758. The number of pyridine rings is 1. The lowest BCUT2D eigenvalue weighted by molar-refractivity contribution is -0.364. The number of methoxy groups -OCH3 is 2. The number of benzene rings is 1. The number of nitrogens with zero attached hydrogens (tertiary/aromatic N) is 1. The van der Waals surface area contributed by atoms with Gasteiger partial charge in [-0.1, -0.05) is 6.07 Å². The maximum atomic E-state index is 12.6. The lowest BCUT2D eigenvalue weighted by Gasteiger charge is -2.25. The van der Waals surface area contributed by atoms with Gasteiger partial charge < -0.3 is 14.2 Å². The van der Waals surface area contributed by atoms with Crippen molar-refractivity contribution in [3.8, 4) is 11.5 Å². The minimum atomic E-state index is -3.50. The molecule has 0 amide bonds. The minimum absolute atomic E-state index is 0.237. The minimum Gasteiger partial charge on any atom is -0.493 e. The molecule has 8 nitrogen and oxygen atoms in total. The average molecular weight is 394 g/mol. The van der Waals surface area contributed by atoms with Crippen molar-refractivity contribution in [2.45, 2.75) is 11.4 Å². The summed E-state index contributed by atoms with van der Waals surface area (Å²) >= 11 is 0. The third-order valence-corrected chi connectivity index (χ3v) is 6.22. The summed E-state index contributed by atoms with van der Waals surface area (Å²) in [7, 11) is -0.311. The maximum Gasteiger partial charge on any atom is 0.272 e. The van der Waals surface area contributed by atoms with Gasteiger partial charge in [-0.3, -0.25) is 5.32 Å². The van der Waals surface area contributed by atoms with Gasteiger partial charge in [-0.2, -0.15) is 4.31 Å². The number of rotatable bonds is 7. The maximum absolute atomic E-state index is 12.6. The van der Waals surface area contributed by atoms with E-state index in [0.717, 1.165) is 5.56 Å². The van der Waals surface area contributed by atoms with E-state index in [2.05, 4.69) is 10.3 Å². The van der Waals surface area contributed by atoms with Crippen LogP contribution in [-0.4, -0.2) is 53.2 Å². The van der Waals surface area contributed by atoms with E-state index in [1.54, 1.807) is 26.4 Å². The lowest BCUT2D eigenvalue weighted by atomic mass is 10.2. The number of hydrogen-bond donors (Lipinski definition) is 1. The zero-order valence-electron chi connectivity index (χ0n) is 15.4. The van der Waals surface area contributed by atoms with Gasteiger partial charge in [0.25, 0.3) is 5.82 Å². The Hall–Kier alpha value is -2.36. The van der Waals surface area contributed by atoms with E-state index < -0.39 is 10.0 Å². The number of hydrogen-bond acceptors (Lipinski definition) is 6. The summed E-state index contributed by atoms with van der Waals surface area (Å²) in [5.74, 6) is 2.05. The van der Waals surface area contributed by atoms with Crippen LogP contribution in [0.5, 0.6) is 11.5 Å². The zero-order chi connectivity index (χ0) is 19.3.